The van der Waals surface area contributed by atoms with Crippen molar-refractivity contribution < 1.29 is 9.53 Å². The highest BCUT2D eigenvalue weighted by Gasteiger charge is 2.24. The molecule has 1 amide bonds. The van der Waals surface area contributed by atoms with Gasteiger partial charge in [-0.15, -0.1) is 11.3 Å². The van der Waals surface area contributed by atoms with Gasteiger partial charge < -0.3 is 25.8 Å². The number of hydrogen-bond acceptors (Lipinski definition) is 9. The van der Waals surface area contributed by atoms with Crippen LogP contribution < -0.4 is 21.1 Å². The maximum absolute atomic E-state index is 12.5. The third kappa shape index (κ3) is 7.76. The number of nitrogens with two attached hydrogens (primary N) is 1. The number of amides is 1. The van der Waals surface area contributed by atoms with Gasteiger partial charge in [-0.3, -0.25) is 9.79 Å². The molecule has 33 heavy (non-hydrogen) atoms. The molecule has 2 aromatic rings. The van der Waals surface area contributed by atoms with Crippen LogP contribution in [0.25, 0.3) is 0 Å². The lowest BCUT2D eigenvalue weighted by Crippen LogP contribution is -2.28. The van der Waals surface area contributed by atoms with Crippen molar-refractivity contribution in [2.45, 2.75) is 57.4 Å². The van der Waals surface area contributed by atoms with Gasteiger partial charge in [-0.25, -0.2) is 4.98 Å². The van der Waals surface area contributed by atoms with Crippen LogP contribution in [0.4, 0.5) is 10.8 Å². The Kier molecular flexibility index (Phi) is 9.59. The summed E-state index contributed by atoms with van der Waals surface area (Å²) < 4.78 is 8.69. The highest BCUT2D eigenvalue weighted by molar-refractivity contribution is 8.01. The number of ether oxygens (including phenoxy) is 1. The number of hydrogen-bond donors (Lipinski definition) is 4. The molecule has 1 fully saturated rings. The topological polar surface area (TPSA) is 114 Å². The van der Waals surface area contributed by atoms with Gasteiger partial charge in [0, 0.05) is 22.5 Å². The number of carbonyl (C=O) groups is 1. The van der Waals surface area contributed by atoms with Crippen LogP contribution in [-0.4, -0.2) is 29.0 Å². The summed E-state index contributed by atoms with van der Waals surface area (Å²) in [7, 11) is 0. The van der Waals surface area contributed by atoms with Crippen LogP contribution in [0.2, 0.25) is 0 Å². The molecular weight excluding hydrogens is 456 g/mol. The van der Waals surface area contributed by atoms with Crippen LogP contribution in [0.1, 0.15) is 63.4 Å². The summed E-state index contributed by atoms with van der Waals surface area (Å²) in [6, 6.07) is 6.63. The van der Waals surface area contributed by atoms with Crippen molar-refractivity contribution >= 4 is 46.2 Å². The second-order valence-electron chi connectivity index (χ2n) is 7.64. The third-order valence-corrected chi connectivity index (χ3v) is 6.54. The van der Waals surface area contributed by atoms with Gasteiger partial charge in [0.15, 0.2) is 5.13 Å². The number of anilines is 2. The van der Waals surface area contributed by atoms with Crippen LogP contribution in [0.3, 0.4) is 0 Å². The van der Waals surface area contributed by atoms with Gasteiger partial charge in [0.05, 0.1) is 24.5 Å². The second-order valence-corrected chi connectivity index (χ2v) is 9.60. The molecule has 1 saturated carbocycles. The Balaban J connectivity index is 0.000000968. The van der Waals surface area contributed by atoms with E-state index in [1.54, 1.807) is 24.4 Å². The molecule has 0 radical (unpaired) electrons. The van der Waals surface area contributed by atoms with Gasteiger partial charge >= 0.3 is 0 Å². The Hall–Kier alpha value is -2.56. The van der Waals surface area contributed by atoms with Crippen molar-refractivity contribution in [3.63, 3.8) is 0 Å². The number of carbonyl (C=O) groups excluding carboxylic acids is 1. The van der Waals surface area contributed by atoms with E-state index < -0.39 is 6.04 Å². The lowest BCUT2D eigenvalue weighted by molar-refractivity contribution is -0.117. The van der Waals surface area contributed by atoms with Crippen molar-refractivity contribution in [2.24, 2.45) is 10.7 Å². The van der Waals surface area contributed by atoms with Crippen molar-refractivity contribution in [3.8, 4) is 0 Å². The first-order chi connectivity index (χ1) is 16.0. The van der Waals surface area contributed by atoms with Crippen molar-refractivity contribution in [1.82, 2.24) is 10.3 Å². The number of aliphatic imine (C=N–C) groups is 1. The highest BCUT2D eigenvalue weighted by Crippen LogP contribution is 2.35. The fourth-order valence-electron chi connectivity index (χ4n) is 2.75. The van der Waals surface area contributed by atoms with Crippen LogP contribution in [-0.2, 0) is 9.53 Å². The molecule has 1 aromatic carbocycles. The zero-order valence-electron chi connectivity index (χ0n) is 19.2. The third-order valence-electron chi connectivity index (χ3n) is 4.52. The Bertz CT molecular complexity index is 956. The van der Waals surface area contributed by atoms with Gasteiger partial charge in [-0.1, -0.05) is 32.4 Å². The zero-order valence-corrected chi connectivity index (χ0v) is 20.8. The Morgan fingerprint density at radius 2 is 2.03 bits per heavy atom. The van der Waals surface area contributed by atoms with E-state index >= 15 is 0 Å². The number of benzene rings is 1. The van der Waals surface area contributed by atoms with E-state index in [0.29, 0.717) is 29.1 Å². The first kappa shape index (κ1) is 25.1. The number of aromatic nitrogens is 1. The molecule has 0 bridgehead atoms. The number of nitrogens with zero attached hydrogens (tertiary/aromatic N) is 2. The molecule has 1 aliphatic carbocycles. The van der Waals surface area contributed by atoms with Crippen LogP contribution in [0, 0.1) is 0 Å². The molecule has 1 aliphatic heterocycles. The van der Waals surface area contributed by atoms with Crippen molar-refractivity contribution in [3.05, 3.63) is 53.0 Å². The summed E-state index contributed by atoms with van der Waals surface area (Å²) in [5.41, 5.74) is 8.35. The Morgan fingerprint density at radius 1 is 1.30 bits per heavy atom. The average Bonchev–Trinajstić information content (AvgIpc) is 3.54. The zero-order chi connectivity index (χ0) is 23.6. The molecule has 2 atom stereocenters. The average molecular weight is 489 g/mol. The minimum atomic E-state index is -0.826. The molecule has 2 unspecified atom stereocenters. The molecule has 10 heteroatoms. The summed E-state index contributed by atoms with van der Waals surface area (Å²) in [4.78, 5) is 21.2. The largest absolute Gasteiger partial charge is 0.478 e. The molecule has 178 valence electrons. The maximum Gasteiger partial charge on any atom is 0.247 e. The number of thiazole rings is 1. The van der Waals surface area contributed by atoms with Gasteiger partial charge in [0.2, 0.25) is 11.8 Å². The lowest BCUT2D eigenvalue weighted by atomic mass is 10.1. The molecule has 2 heterocycles. The summed E-state index contributed by atoms with van der Waals surface area (Å²) >= 11 is 3.13. The summed E-state index contributed by atoms with van der Waals surface area (Å²) in [6.07, 6.45) is 7.19. The fraction of sp³-hybridized carbons (Fsp3) is 0.435. The predicted molar refractivity (Wildman–Crippen MR) is 138 cm³/mol. The smallest absolute Gasteiger partial charge is 0.247 e. The van der Waals surface area contributed by atoms with E-state index in [1.807, 2.05) is 36.6 Å². The summed E-state index contributed by atoms with van der Waals surface area (Å²) in [5, 5.41) is 9.39. The fourth-order valence-corrected chi connectivity index (χ4v) is 4.36. The highest BCUT2D eigenvalue weighted by atomic mass is 32.2. The second kappa shape index (κ2) is 12.6. The van der Waals surface area contributed by atoms with E-state index in [4.69, 9.17) is 10.5 Å². The van der Waals surface area contributed by atoms with Gasteiger partial charge in [0.25, 0.3) is 0 Å². The number of rotatable bonds is 9. The minimum absolute atomic E-state index is 0.0852. The normalized spacial score (nSPS) is 17.7. The minimum Gasteiger partial charge on any atom is -0.478 e. The van der Waals surface area contributed by atoms with Gasteiger partial charge in [-0.05, 0) is 49.4 Å². The molecule has 4 rings (SSSR count). The predicted octanol–water partition coefficient (Wildman–Crippen LogP) is 4.97. The van der Waals surface area contributed by atoms with Gasteiger partial charge in [-0.2, -0.15) is 0 Å². The maximum atomic E-state index is 12.5. The van der Waals surface area contributed by atoms with E-state index in [-0.39, 0.29) is 11.9 Å². The molecule has 2 aliphatic rings. The van der Waals surface area contributed by atoms with E-state index in [2.05, 4.69) is 39.2 Å². The first-order valence-electron chi connectivity index (χ1n) is 11.2. The SMILES string of the molecule is CCC.CCOC1=CN=CC(c2ccc(NC(=O)C(N)c3csc(NSC4CC4)n3)cc2)N1. The molecule has 5 N–H and O–H groups in total. The molecule has 8 nitrogen and oxygen atoms in total. The molecule has 0 spiro atoms. The Labute approximate surface area is 203 Å². The van der Waals surface area contributed by atoms with Crippen molar-refractivity contribution in [2.75, 3.05) is 16.6 Å². The van der Waals surface area contributed by atoms with Crippen LogP contribution in [0.15, 0.2) is 46.7 Å². The lowest BCUT2D eigenvalue weighted by Gasteiger charge is -2.21. The van der Waals surface area contributed by atoms with Crippen LogP contribution >= 0.6 is 23.3 Å². The van der Waals surface area contributed by atoms with E-state index in [0.717, 1.165) is 10.7 Å². The molecule has 1 aromatic heterocycles. The van der Waals surface area contributed by atoms with Crippen molar-refractivity contribution in [1.29, 1.82) is 0 Å². The summed E-state index contributed by atoms with van der Waals surface area (Å²) in [5.74, 6) is 0.342. The standard InChI is InChI=1S/C20H24N6O2S2.C3H8/c1-2-28-17-10-22-9-15(24-17)12-3-5-13(6-4-12)23-19(27)18(21)16-11-29-20(25-16)26-30-14-7-8-14;1-3-2/h3-6,9-11,14-15,18,24H,2,7-8,21H2,1H3,(H,23,27)(H,25,26);3H2,1-2H3. The Morgan fingerprint density at radius 3 is 2.70 bits per heavy atom. The van der Waals surface area contributed by atoms with E-state index in [9.17, 15) is 4.79 Å². The monoisotopic (exact) mass is 488 g/mol. The quantitative estimate of drug-likeness (QED) is 0.369. The molecular formula is C23H32N6O2S2. The first-order valence-corrected chi connectivity index (χ1v) is 13.0. The van der Waals surface area contributed by atoms with E-state index in [1.165, 1.54) is 30.6 Å². The molecule has 0 saturated heterocycles. The van der Waals surface area contributed by atoms with Crippen LogP contribution in [0.5, 0.6) is 0 Å². The number of nitrogens with one attached hydrogen (secondary N) is 3. The summed E-state index contributed by atoms with van der Waals surface area (Å²) in [6.45, 7) is 6.75. The van der Waals surface area contributed by atoms with Gasteiger partial charge in [0.1, 0.15) is 6.04 Å².